The fraction of sp³-hybridized carbons (Fsp3) is 0.381. The lowest BCUT2D eigenvalue weighted by molar-refractivity contribution is -0.116. The summed E-state index contributed by atoms with van der Waals surface area (Å²) in [4.78, 5) is 12.4. The molecule has 0 atom stereocenters. The summed E-state index contributed by atoms with van der Waals surface area (Å²) in [5.41, 5.74) is 3.48. The molecule has 0 aliphatic heterocycles. The molecule has 0 saturated carbocycles. The Morgan fingerprint density at radius 1 is 1.11 bits per heavy atom. The van der Waals surface area contributed by atoms with E-state index in [1.807, 2.05) is 12.1 Å². The molecule has 0 radical (unpaired) electrons. The molecule has 0 aromatic heterocycles. The van der Waals surface area contributed by atoms with Crippen LogP contribution >= 0.6 is 0 Å². The molecular weight excluding hydrogens is 376 g/mol. The number of carbonyl (C=O) groups is 1. The molecule has 1 N–H and O–H groups in total. The number of fused-ring (bicyclic) bond motifs is 1. The lowest BCUT2D eigenvalue weighted by Crippen LogP contribution is -2.28. The van der Waals surface area contributed by atoms with Crippen molar-refractivity contribution < 1.29 is 17.9 Å². The SMILES string of the molecule is COc1ccc(S(=O)(=O)N(C)CCCC(=O)Nc2ccc3c(c2)CCC3)cc1. The van der Waals surface area contributed by atoms with Gasteiger partial charge in [0.25, 0.3) is 0 Å². The van der Waals surface area contributed by atoms with Gasteiger partial charge in [0.15, 0.2) is 0 Å². The number of nitrogens with zero attached hydrogens (tertiary/aromatic N) is 1. The van der Waals surface area contributed by atoms with Crippen LogP contribution in [0.5, 0.6) is 5.75 Å². The standard InChI is InChI=1S/C21H26N2O4S/c1-23(28(25,26)20-12-10-19(27-2)11-13-20)14-4-7-21(24)22-18-9-8-16-5-3-6-17(16)15-18/h8-13,15H,3-7,14H2,1-2H3,(H,22,24). The van der Waals surface area contributed by atoms with Crippen LogP contribution in [0.3, 0.4) is 0 Å². The second-order valence-electron chi connectivity index (χ2n) is 6.99. The van der Waals surface area contributed by atoms with Gasteiger partial charge in [0, 0.05) is 25.7 Å². The maximum Gasteiger partial charge on any atom is 0.242 e. The van der Waals surface area contributed by atoms with Gasteiger partial charge in [-0.25, -0.2) is 12.7 Å². The topological polar surface area (TPSA) is 75.7 Å². The zero-order valence-electron chi connectivity index (χ0n) is 16.3. The number of rotatable bonds is 8. The molecule has 0 heterocycles. The van der Waals surface area contributed by atoms with Crippen LogP contribution in [-0.2, 0) is 27.7 Å². The van der Waals surface area contributed by atoms with Gasteiger partial charge in [-0.05, 0) is 73.2 Å². The minimum atomic E-state index is -3.58. The highest BCUT2D eigenvalue weighted by molar-refractivity contribution is 7.89. The lowest BCUT2D eigenvalue weighted by Gasteiger charge is -2.17. The van der Waals surface area contributed by atoms with Crippen molar-refractivity contribution in [3.8, 4) is 5.75 Å². The zero-order valence-corrected chi connectivity index (χ0v) is 17.1. The van der Waals surface area contributed by atoms with Crippen molar-refractivity contribution in [2.24, 2.45) is 0 Å². The van der Waals surface area contributed by atoms with E-state index in [0.29, 0.717) is 12.2 Å². The minimum Gasteiger partial charge on any atom is -0.497 e. The van der Waals surface area contributed by atoms with E-state index in [-0.39, 0.29) is 23.8 Å². The molecule has 0 spiro atoms. The highest BCUT2D eigenvalue weighted by atomic mass is 32.2. The van der Waals surface area contributed by atoms with E-state index in [4.69, 9.17) is 4.74 Å². The number of anilines is 1. The second kappa shape index (κ2) is 8.75. The highest BCUT2D eigenvalue weighted by Gasteiger charge is 2.20. The summed E-state index contributed by atoms with van der Waals surface area (Å²) in [6.07, 6.45) is 4.05. The van der Waals surface area contributed by atoms with E-state index in [1.54, 1.807) is 12.1 Å². The minimum absolute atomic E-state index is 0.104. The first-order valence-electron chi connectivity index (χ1n) is 9.42. The number of carbonyl (C=O) groups excluding carboxylic acids is 1. The van der Waals surface area contributed by atoms with Gasteiger partial charge in [-0.2, -0.15) is 0 Å². The molecule has 2 aromatic rings. The summed E-state index contributed by atoms with van der Waals surface area (Å²) >= 11 is 0. The first-order chi connectivity index (χ1) is 13.4. The Balaban J connectivity index is 1.50. The van der Waals surface area contributed by atoms with Gasteiger partial charge in [0.2, 0.25) is 15.9 Å². The first kappa shape index (κ1) is 20.4. The molecule has 0 fully saturated rings. The van der Waals surface area contributed by atoms with Crippen molar-refractivity contribution in [1.82, 2.24) is 4.31 Å². The number of sulfonamides is 1. The molecule has 1 amide bonds. The van der Waals surface area contributed by atoms with Crippen LogP contribution < -0.4 is 10.1 Å². The molecule has 1 aliphatic rings. The van der Waals surface area contributed by atoms with Crippen LogP contribution in [0.25, 0.3) is 0 Å². The van der Waals surface area contributed by atoms with Crippen molar-refractivity contribution >= 4 is 21.6 Å². The van der Waals surface area contributed by atoms with Crippen LogP contribution in [-0.4, -0.2) is 39.3 Å². The molecular formula is C21H26N2O4S. The van der Waals surface area contributed by atoms with Crippen molar-refractivity contribution in [3.05, 3.63) is 53.6 Å². The Kier molecular flexibility index (Phi) is 6.36. The summed E-state index contributed by atoms with van der Waals surface area (Å²) in [6.45, 7) is 0.270. The molecule has 2 aromatic carbocycles. The van der Waals surface area contributed by atoms with E-state index in [2.05, 4.69) is 11.4 Å². The van der Waals surface area contributed by atoms with E-state index in [1.165, 1.54) is 48.1 Å². The van der Waals surface area contributed by atoms with Gasteiger partial charge >= 0.3 is 0 Å². The van der Waals surface area contributed by atoms with E-state index in [0.717, 1.165) is 18.5 Å². The summed E-state index contributed by atoms with van der Waals surface area (Å²) < 4.78 is 31.5. The maximum absolute atomic E-state index is 12.6. The molecule has 150 valence electrons. The largest absolute Gasteiger partial charge is 0.497 e. The summed E-state index contributed by atoms with van der Waals surface area (Å²) in [6, 6.07) is 12.3. The Labute approximate surface area is 166 Å². The Morgan fingerprint density at radius 2 is 1.82 bits per heavy atom. The molecule has 3 rings (SSSR count). The third-order valence-electron chi connectivity index (χ3n) is 5.03. The average Bonchev–Trinajstić information content (AvgIpc) is 3.15. The molecule has 28 heavy (non-hydrogen) atoms. The normalized spacial score (nSPS) is 13.4. The van der Waals surface area contributed by atoms with Crippen molar-refractivity contribution in [3.63, 3.8) is 0 Å². The molecule has 6 nitrogen and oxygen atoms in total. The van der Waals surface area contributed by atoms with Crippen LogP contribution in [0, 0.1) is 0 Å². The average molecular weight is 403 g/mol. The van der Waals surface area contributed by atoms with Gasteiger partial charge in [-0.15, -0.1) is 0 Å². The monoisotopic (exact) mass is 402 g/mol. The Hall–Kier alpha value is -2.38. The van der Waals surface area contributed by atoms with Gasteiger partial charge in [-0.3, -0.25) is 4.79 Å². The molecule has 0 unspecified atom stereocenters. The Morgan fingerprint density at radius 3 is 2.54 bits per heavy atom. The van der Waals surface area contributed by atoms with Crippen LogP contribution in [0.2, 0.25) is 0 Å². The number of nitrogens with one attached hydrogen (secondary N) is 1. The molecule has 1 aliphatic carbocycles. The lowest BCUT2D eigenvalue weighted by atomic mass is 10.1. The van der Waals surface area contributed by atoms with Crippen molar-refractivity contribution in [2.75, 3.05) is 26.0 Å². The Bertz CT molecular complexity index is 939. The van der Waals surface area contributed by atoms with Crippen LogP contribution in [0.1, 0.15) is 30.4 Å². The third kappa shape index (κ3) is 4.72. The van der Waals surface area contributed by atoms with Gasteiger partial charge in [-0.1, -0.05) is 6.07 Å². The van der Waals surface area contributed by atoms with Crippen LogP contribution in [0.4, 0.5) is 5.69 Å². The molecule has 0 saturated heterocycles. The summed E-state index contributed by atoms with van der Waals surface area (Å²) in [7, 11) is -0.525. The van der Waals surface area contributed by atoms with Crippen molar-refractivity contribution in [2.45, 2.75) is 37.0 Å². The number of aryl methyl sites for hydroxylation is 2. The highest BCUT2D eigenvalue weighted by Crippen LogP contribution is 2.25. The summed E-state index contributed by atoms with van der Waals surface area (Å²) in [5, 5.41) is 2.91. The van der Waals surface area contributed by atoms with Gasteiger partial charge in [0.1, 0.15) is 5.75 Å². The fourth-order valence-corrected chi connectivity index (χ4v) is 4.59. The third-order valence-corrected chi connectivity index (χ3v) is 6.90. The van der Waals surface area contributed by atoms with E-state index < -0.39 is 10.0 Å². The smallest absolute Gasteiger partial charge is 0.242 e. The van der Waals surface area contributed by atoms with Gasteiger partial charge < -0.3 is 10.1 Å². The maximum atomic E-state index is 12.6. The number of ether oxygens (including phenoxy) is 1. The van der Waals surface area contributed by atoms with E-state index >= 15 is 0 Å². The van der Waals surface area contributed by atoms with Gasteiger partial charge in [0.05, 0.1) is 12.0 Å². The van der Waals surface area contributed by atoms with Crippen LogP contribution in [0.15, 0.2) is 47.4 Å². The number of hydrogen-bond acceptors (Lipinski definition) is 4. The zero-order chi connectivity index (χ0) is 20.1. The van der Waals surface area contributed by atoms with Crippen molar-refractivity contribution in [1.29, 1.82) is 0 Å². The summed E-state index contributed by atoms with van der Waals surface area (Å²) in [5.74, 6) is 0.498. The first-order valence-corrected chi connectivity index (χ1v) is 10.9. The number of methoxy groups -OCH3 is 1. The second-order valence-corrected chi connectivity index (χ2v) is 9.04. The molecule has 0 bridgehead atoms. The van der Waals surface area contributed by atoms with E-state index in [9.17, 15) is 13.2 Å². The number of amides is 1. The fourth-order valence-electron chi connectivity index (χ4n) is 3.38. The molecule has 7 heteroatoms. The quantitative estimate of drug-likeness (QED) is 0.736. The number of benzene rings is 2. The predicted octanol–water partition coefficient (Wildman–Crippen LogP) is 3.22. The number of hydrogen-bond donors (Lipinski definition) is 1. The predicted molar refractivity (Wildman–Crippen MR) is 109 cm³/mol.